The molecule has 3 rings (SSSR count). The van der Waals surface area contributed by atoms with Crippen LogP contribution in [0.1, 0.15) is 22.6 Å². The second kappa shape index (κ2) is 7.36. The van der Waals surface area contributed by atoms with Crippen LogP contribution in [0.4, 0.5) is 5.69 Å². The van der Waals surface area contributed by atoms with Gasteiger partial charge in [-0.05, 0) is 49.2 Å². The van der Waals surface area contributed by atoms with Crippen LogP contribution in [0, 0.1) is 13.8 Å². The Bertz CT molecular complexity index is 823. The van der Waals surface area contributed by atoms with Crippen molar-refractivity contribution >= 4 is 22.9 Å². The number of hydrogen-bond acceptors (Lipinski definition) is 4. The SMILES string of the molecule is Cc1cc(C)cc(NC(=O)CCc2nc(-c3ccccn3)cs2)c1. The van der Waals surface area contributed by atoms with Crippen LogP contribution in [-0.4, -0.2) is 15.9 Å². The summed E-state index contributed by atoms with van der Waals surface area (Å²) in [6.45, 7) is 4.05. The number of amides is 1. The van der Waals surface area contributed by atoms with Crippen LogP contribution >= 0.6 is 11.3 Å². The summed E-state index contributed by atoms with van der Waals surface area (Å²) in [7, 11) is 0. The maximum atomic E-state index is 12.1. The molecule has 4 nitrogen and oxygen atoms in total. The molecule has 0 spiro atoms. The van der Waals surface area contributed by atoms with Crippen LogP contribution < -0.4 is 5.32 Å². The van der Waals surface area contributed by atoms with Gasteiger partial charge in [0.2, 0.25) is 5.91 Å². The number of carbonyl (C=O) groups excluding carboxylic acids is 1. The zero-order valence-corrected chi connectivity index (χ0v) is 14.6. The first kappa shape index (κ1) is 16.3. The Morgan fingerprint density at radius 1 is 1.12 bits per heavy atom. The van der Waals surface area contributed by atoms with Crippen LogP contribution in [0.5, 0.6) is 0 Å². The molecule has 1 amide bonds. The first-order chi connectivity index (χ1) is 11.6. The molecule has 24 heavy (non-hydrogen) atoms. The minimum atomic E-state index is 0.00888. The molecule has 1 aromatic carbocycles. The number of rotatable bonds is 5. The van der Waals surface area contributed by atoms with E-state index in [9.17, 15) is 4.79 Å². The van der Waals surface area contributed by atoms with E-state index in [1.165, 1.54) is 0 Å². The minimum absolute atomic E-state index is 0.00888. The summed E-state index contributed by atoms with van der Waals surface area (Å²) < 4.78 is 0. The molecule has 0 atom stereocenters. The standard InChI is InChI=1S/C19H19N3OS/c1-13-9-14(2)11-15(10-13)21-18(23)6-7-19-22-17(12-24-19)16-5-3-4-8-20-16/h3-5,8-12H,6-7H2,1-2H3,(H,21,23). The van der Waals surface area contributed by atoms with E-state index in [4.69, 9.17) is 0 Å². The van der Waals surface area contributed by atoms with Crippen molar-refractivity contribution < 1.29 is 4.79 Å². The zero-order valence-electron chi connectivity index (χ0n) is 13.7. The lowest BCUT2D eigenvalue weighted by molar-refractivity contribution is -0.116. The summed E-state index contributed by atoms with van der Waals surface area (Å²) in [4.78, 5) is 21.0. The van der Waals surface area contributed by atoms with Crippen molar-refractivity contribution in [2.24, 2.45) is 0 Å². The van der Waals surface area contributed by atoms with Gasteiger partial charge in [0.1, 0.15) is 0 Å². The fourth-order valence-electron chi connectivity index (χ4n) is 2.55. The molecule has 122 valence electrons. The van der Waals surface area contributed by atoms with Crippen molar-refractivity contribution in [2.75, 3.05) is 5.32 Å². The molecule has 0 fully saturated rings. The number of pyridine rings is 1. The van der Waals surface area contributed by atoms with Gasteiger partial charge in [-0.2, -0.15) is 0 Å². The van der Waals surface area contributed by atoms with Gasteiger partial charge in [0, 0.05) is 30.1 Å². The molecule has 0 unspecified atom stereocenters. The molecule has 0 bridgehead atoms. The summed E-state index contributed by atoms with van der Waals surface area (Å²) >= 11 is 1.57. The van der Waals surface area contributed by atoms with Crippen LogP contribution in [-0.2, 0) is 11.2 Å². The van der Waals surface area contributed by atoms with Gasteiger partial charge in [-0.3, -0.25) is 9.78 Å². The van der Waals surface area contributed by atoms with Gasteiger partial charge in [0.25, 0.3) is 0 Å². The topological polar surface area (TPSA) is 54.9 Å². The summed E-state index contributed by atoms with van der Waals surface area (Å²) in [5.74, 6) is 0.00888. The Morgan fingerprint density at radius 3 is 2.62 bits per heavy atom. The average Bonchev–Trinajstić information content (AvgIpc) is 3.02. The molecule has 0 aliphatic carbocycles. The van der Waals surface area contributed by atoms with Gasteiger partial charge >= 0.3 is 0 Å². The Kier molecular flexibility index (Phi) is 5.01. The third kappa shape index (κ3) is 4.26. The fourth-order valence-corrected chi connectivity index (χ4v) is 3.34. The van der Waals surface area contributed by atoms with Gasteiger partial charge in [-0.1, -0.05) is 12.1 Å². The van der Waals surface area contributed by atoms with Crippen LogP contribution in [0.25, 0.3) is 11.4 Å². The first-order valence-corrected chi connectivity index (χ1v) is 8.72. The van der Waals surface area contributed by atoms with Crippen LogP contribution in [0.2, 0.25) is 0 Å². The monoisotopic (exact) mass is 337 g/mol. The molecule has 0 radical (unpaired) electrons. The smallest absolute Gasteiger partial charge is 0.224 e. The highest BCUT2D eigenvalue weighted by atomic mass is 32.1. The number of thiazole rings is 1. The fraction of sp³-hybridized carbons (Fsp3) is 0.211. The van der Waals surface area contributed by atoms with Crippen molar-refractivity contribution in [2.45, 2.75) is 26.7 Å². The normalized spacial score (nSPS) is 10.6. The maximum absolute atomic E-state index is 12.1. The molecule has 0 aliphatic rings. The van der Waals surface area contributed by atoms with E-state index in [0.717, 1.165) is 33.2 Å². The number of aromatic nitrogens is 2. The summed E-state index contributed by atoms with van der Waals surface area (Å²) in [5, 5.41) is 5.89. The Hall–Kier alpha value is -2.53. The molecule has 5 heteroatoms. The van der Waals surface area contributed by atoms with E-state index >= 15 is 0 Å². The van der Waals surface area contributed by atoms with E-state index in [2.05, 4.69) is 21.4 Å². The van der Waals surface area contributed by atoms with E-state index in [1.54, 1.807) is 17.5 Å². The summed E-state index contributed by atoms with van der Waals surface area (Å²) in [6.07, 6.45) is 2.81. The van der Waals surface area contributed by atoms with Gasteiger partial charge in [-0.15, -0.1) is 11.3 Å². The molecule has 0 saturated heterocycles. The van der Waals surface area contributed by atoms with Crippen molar-refractivity contribution in [1.29, 1.82) is 0 Å². The lowest BCUT2D eigenvalue weighted by Crippen LogP contribution is -2.12. The molecule has 3 aromatic rings. The van der Waals surface area contributed by atoms with E-state index in [1.807, 2.05) is 49.6 Å². The second-order valence-corrected chi connectivity index (χ2v) is 6.71. The van der Waals surface area contributed by atoms with Crippen molar-refractivity contribution in [1.82, 2.24) is 9.97 Å². The number of aryl methyl sites for hydroxylation is 3. The lowest BCUT2D eigenvalue weighted by Gasteiger charge is -2.07. The first-order valence-electron chi connectivity index (χ1n) is 7.84. The average molecular weight is 337 g/mol. The maximum Gasteiger partial charge on any atom is 0.224 e. The number of benzene rings is 1. The number of hydrogen-bond donors (Lipinski definition) is 1. The molecule has 0 aliphatic heterocycles. The van der Waals surface area contributed by atoms with Crippen molar-refractivity contribution in [3.63, 3.8) is 0 Å². The minimum Gasteiger partial charge on any atom is -0.326 e. The summed E-state index contributed by atoms with van der Waals surface area (Å²) in [6, 6.07) is 11.8. The third-order valence-electron chi connectivity index (χ3n) is 3.55. The van der Waals surface area contributed by atoms with Crippen molar-refractivity contribution in [3.8, 4) is 11.4 Å². The van der Waals surface area contributed by atoms with Crippen molar-refractivity contribution in [3.05, 3.63) is 64.1 Å². The Balaban J connectivity index is 1.58. The van der Waals surface area contributed by atoms with Crippen LogP contribution in [0.15, 0.2) is 48.0 Å². The molecule has 2 aromatic heterocycles. The highest BCUT2D eigenvalue weighted by Gasteiger charge is 2.08. The van der Waals surface area contributed by atoms with Gasteiger partial charge < -0.3 is 5.32 Å². The molecule has 0 saturated carbocycles. The highest BCUT2D eigenvalue weighted by molar-refractivity contribution is 7.09. The van der Waals surface area contributed by atoms with Gasteiger partial charge in [-0.25, -0.2) is 4.98 Å². The van der Waals surface area contributed by atoms with E-state index in [0.29, 0.717) is 12.8 Å². The largest absolute Gasteiger partial charge is 0.326 e. The quantitative estimate of drug-likeness (QED) is 0.751. The molecule has 1 N–H and O–H groups in total. The molecular weight excluding hydrogens is 318 g/mol. The Labute approximate surface area is 145 Å². The predicted molar refractivity (Wildman–Crippen MR) is 98.2 cm³/mol. The van der Waals surface area contributed by atoms with Crippen LogP contribution in [0.3, 0.4) is 0 Å². The highest BCUT2D eigenvalue weighted by Crippen LogP contribution is 2.21. The zero-order chi connectivity index (χ0) is 16.9. The number of carbonyl (C=O) groups is 1. The van der Waals surface area contributed by atoms with E-state index in [-0.39, 0.29) is 5.91 Å². The molecule has 2 heterocycles. The van der Waals surface area contributed by atoms with E-state index < -0.39 is 0 Å². The second-order valence-electron chi connectivity index (χ2n) is 5.77. The lowest BCUT2D eigenvalue weighted by atomic mass is 10.1. The number of nitrogens with one attached hydrogen (secondary N) is 1. The third-order valence-corrected chi connectivity index (χ3v) is 4.46. The summed E-state index contributed by atoms with van der Waals surface area (Å²) in [5.41, 5.74) is 4.87. The van der Waals surface area contributed by atoms with Gasteiger partial charge in [0.15, 0.2) is 0 Å². The predicted octanol–water partition coefficient (Wildman–Crippen LogP) is 4.39. The Morgan fingerprint density at radius 2 is 1.92 bits per heavy atom. The van der Waals surface area contributed by atoms with Gasteiger partial charge in [0.05, 0.1) is 16.4 Å². The number of anilines is 1. The number of nitrogens with zero attached hydrogens (tertiary/aromatic N) is 2. The molecular formula is C19H19N3OS.